The van der Waals surface area contributed by atoms with Crippen molar-refractivity contribution < 1.29 is 48.3 Å². The van der Waals surface area contributed by atoms with Crippen LogP contribution in [0, 0.1) is 0 Å². The number of ether oxygens (including phenoxy) is 5. The molecule has 0 unspecified atom stereocenters. The lowest BCUT2D eigenvalue weighted by atomic mass is 10.2. The van der Waals surface area contributed by atoms with Gasteiger partial charge in [0.05, 0.1) is 65.7 Å². The number of carboxylic acids is 2. The molecule has 0 radical (unpaired) electrons. The maximum absolute atomic E-state index is 12.3. The molecule has 0 aromatic rings. The number of aliphatic carboxylic acids is 2. The molecule has 176 valence electrons. The standard InChI is InChI=1S/C19H35NO10/c1-19(2,3)30-18(25)20(6-10-28-14-12-26-8-4-16(21)22)7-11-29-15-13-27-9-5-17(23)24/h4-15H2,1-3H3,(H,21,22)(H,23,24). The average molecular weight is 437 g/mol. The lowest BCUT2D eigenvalue weighted by Crippen LogP contribution is -2.40. The number of carbonyl (C=O) groups excluding carboxylic acids is 1. The molecule has 30 heavy (non-hydrogen) atoms. The first-order valence-corrected chi connectivity index (χ1v) is 9.84. The van der Waals surface area contributed by atoms with Crippen molar-refractivity contribution in [3.05, 3.63) is 0 Å². The quantitative estimate of drug-likeness (QED) is 0.301. The first-order valence-electron chi connectivity index (χ1n) is 9.84. The molecular weight excluding hydrogens is 402 g/mol. The Balaban J connectivity index is 4.07. The number of hydrogen-bond acceptors (Lipinski definition) is 8. The van der Waals surface area contributed by atoms with Gasteiger partial charge in [-0.05, 0) is 20.8 Å². The van der Waals surface area contributed by atoms with Crippen LogP contribution in [0.4, 0.5) is 4.79 Å². The fraction of sp³-hybridized carbons (Fsp3) is 0.842. The second-order valence-electron chi connectivity index (χ2n) is 7.20. The highest BCUT2D eigenvalue weighted by atomic mass is 16.6. The van der Waals surface area contributed by atoms with Gasteiger partial charge in [-0.25, -0.2) is 4.79 Å². The summed E-state index contributed by atoms with van der Waals surface area (Å²) in [6.07, 6.45) is -0.598. The van der Waals surface area contributed by atoms with Gasteiger partial charge in [-0.1, -0.05) is 0 Å². The third-order valence-electron chi connectivity index (χ3n) is 3.33. The summed E-state index contributed by atoms with van der Waals surface area (Å²) < 4.78 is 26.4. The Morgan fingerprint density at radius 2 is 1.03 bits per heavy atom. The summed E-state index contributed by atoms with van der Waals surface area (Å²) in [6.45, 7) is 7.80. The highest BCUT2D eigenvalue weighted by Crippen LogP contribution is 2.09. The highest BCUT2D eigenvalue weighted by Gasteiger charge is 2.21. The molecule has 0 saturated carbocycles. The number of rotatable bonds is 18. The van der Waals surface area contributed by atoms with Gasteiger partial charge >= 0.3 is 18.0 Å². The van der Waals surface area contributed by atoms with Gasteiger partial charge in [0.2, 0.25) is 0 Å². The second kappa shape index (κ2) is 16.8. The molecule has 0 aromatic carbocycles. The van der Waals surface area contributed by atoms with Crippen molar-refractivity contribution in [3.8, 4) is 0 Å². The summed E-state index contributed by atoms with van der Waals surface area (Å²) in [5.41, 5.74) is -0.632. The average Bonchev–Trinajstić information content (AvgIpc) is 2.62. The maximum atomic E-state index is 12.3. The molecule has 1 amide bonds. The Morgan fingerprint density at radius 3 is 1.37 bits per heavy atom. The normalized spacial score (nSPS) is 11.3. The summed E-state index contributed by atoms with van der Waals surface area (Å²) in [5.74, 6) is -1.84. The van der Waals surface area contributed by atoms with Crippen molar-refractivity contribution in [3.63, 3.8) is 0 Å². The van der Waals surface area contributed by atoms with E-state index in [-0.39, 0.29) is 65.7 Å². The zero-order valence-corrected chi connectivity index (χ0v) is 18.1. The van der Waals surface area contributed by atoms with Gasteiger partial charge in [0, 0.05) is 13.1 Å². The van der Waals surface area contributed by atoms with E-state index in [1.54, 1.807) is 20.8 Å². The SMILES string of the molecule is CC(C)(C)OC(=O)N(CCOCCOCCC(=O)O)CCOCCOCCC(=O)O. The Hall–Kier alpha value is -1.95. The molecule has 0 saturated heterocycles. The molecule has 0 rings (SSSR count). The van der Waals surface area contributed by atoms with Gasteiger partial charge < -0.3 is 38.8 Å². The summed E-state index contributed by atoms with van der Waals surface area (Å²) >= 11 is 0. The third kappa shape index (κ3) is 19.4. The van der Waals surface area contributed by atoms with Gasteiger partial charge in [0.25, 0.3) is 0 Å². The summed E-state index contributed by atoms with van der Waals surface area (Å²) in [5, 5.41) is 17.0. The predicted octanol–water partition coefficient (Wildman–Crippen LogP) is 1.24. The van der Waals surface area contributed by atoms with E-state index in [0.717, 1.165) is 0 Å². The van der Waals surface area contributed by atoms with Crippen molar-refractivity contribution in [2.75, 3.05) is 65.9 Å². The van der Waals surface area contributed by atoms with Gasteiger partial charge in [-0.3, -0.25) is 9.59 Å². The molecule has 0 fully saturated rings. The number of hydrogen-bond donors (Lipinski definition) is 2. The predicted molar refractivity (Wildman–Crippen MR) is 106 cm³/mol. The van der Waals surface area contributed by atoms with Crippen LogP contribution in [0.2, 0.25) is 0 Å². The lowest BCUT2D eigenvalue weighted by molar-refractivity contribution is -0.139. The van der Waals surface area contributed by atoms with Crippen LogP contribution in [-0.4, -0.2) is 105 Å². The molecule has 0 spiro atoms. The summed E-state index contributed by atoms with van der Waals surface area (Å²) in [7, 11) is 0. The molecule has 0 atom stereocenters. The van der Waals surface area contributed by atoms with E-state index < -0.39 is 23.6 Å². The van der Waals surface area contributed by atoms with Crippen LogP contribution in [0.3, 0.4) is 0 Å². The molecule has 11 nitrogen and oxygen atoms in total. The first-order chi connectivity index (χ1) is 14.1. The molecule has 0 aliphatic heterocycles. The van der Waals surface area contributed by atoms with Gasteiger partial charge in [0.15, 0.2) is 0 Å². The van der Waals surface area contributed by atoms with Crippen LogP contribution < -0.4 is 0 Å². The van der Waals surface area contributed by atoms with Crippen molar-refractivity contribution in [2.45, 2.75) is 39.2 Å². The lowest BCUT2D eigenvalue weighted by Gasteiger charge is -2.27. The van der Waals surface area contributed by atoms with E-state index in [9.17, 15) is 14.4 Å². The van der Waals surface area contributed by atoms with E-state index in [0.29, 0.717) is 13.1 Å². The minimum Gasteiger partial charge on any atom is -0.481 e. The van der Waals surface area contributed by atoms with Crippen LogP contribution in [-0.2, 0) is 33.3 Å². The molecule has 0 aromatic heterocycles. The second-order valence-corrected chi connectivity index (χ2v) is 7.20. The summed E-state index contributed by atoms with van der Waals surface area (Å²) in [4.78, 5) is 34.5. The van der Waals surface area contributed by atoms with Gasteiger partial charge in [0.1, 0.15) is 5.60 Å². The monoisotopic (exact) mass is 437 g/mol. The summed E-state index contributed by atoms with van der Waals surface area (Å²) in [6, 6.07) is 0. The van der Waals surface area contributed by atoms with Crippen LogP contribution in [0.1, 0.15) is 33.6 Å². The minimum absolute atomic E-state index is 0.0585. The fourth-order valence-electron chi connectivity index (χ4n) is 1.93. The molecule has 0 heterocycles. The van der Waals surface area contributed by atoms with Crippen molar-refractivity contribution >= 4 is 18.0 Å². The minimum atomic E-state index is -0.919. The van der Waals surface area contributed by atoms with Crippen molar-refractivity contribution in [2.24, 2.45) is 0 Å². The van der Waals surface area contributed by atoms with Crippen molar-refractivity contribution in [1.82, 2.24) is 4.90 Å². The number of amides is 1. The van der Waals surface area contributed by atoms with E-state index in [1.165, 1.54) is 4.90 Å². The van der Waals surface area contributed by atoms with E-state index >= 15 is 0 Å². The van der Waals surface area contributed by atoms with E-state index in [4.69, 9.17) is 33.9 Å². The van der Waals surface area contributed by atoms with E-state index in [2.05, 4.69) is 0 Å². The molecule has 0 bridgehead atoms. The Kier molecular flexibility index (Phi) is 15.7. The van der Waals surface area contributed by atoms with Gasteiger partial charge in [-0.15, -0.1) is 0 Å². The zero-order valence-electron chi connectivity index (χ0n) is 18.1. The number of carbonyl (C=O) groups is 3. The first kappa shape index (κ1) is 28.1. The highest BCUT2D eigenvalue weighted by molar-refractivity contribution is 5.68. The van der Waals surface area contributed by atoms with Crippen LogP contribution in [0.5, 0.6) is 0 Å². The largest absolute Gasteiger partial charge is 0.481 e. The number of nitrogens with zero attached hydrogens (tertiary/aromatic N) is 1. The van der Waals surface area contributed by atoms with Gasteiger partial charge in [-0.2, -0.15) is 0 Å². The van der Waals surface area contributed by atoms with Crippen LogP contribution >= 0.6 is 0 Å². The topological polar surface area (TPSA) is 141 Å². The van der Waals surface area contributed by atoms with Crippen molar-refractivity contribution in [1.29, 1.82) is 0 Å². The molecule has 11 heteroatoms. The third-order valence-corrected chi connectivity index (χ3v) is 3.33. The molecular formula is C19H35NO10. The van der Waals surface area contributed by atoms with Crippen LogP contribution in [0.15, 0.2) is 0 Å². The maximum Gasteiger partial charge on any atom is 0.410 e. The molecule has 0 aliphatic rings. The molecule has 0 aliphatic carbocycles. The zero-order chi connectivity index (χ0) is 22.8. The van der Waals surface area contributed by atoms with E-state index in [1.807, 2.05) is 0 Å². The fourth-order valence-corrected chi connectivity index (χ4v) is 1.93. The van der Waals surface area contributed by atoms with Crippen LogP contribution in [0.25, 0.3) is 0 Å². The smallest absolute Gasteiger partial charge is 0.410 e. The Bertz CT molecular complexity index is 462. The number of carboxylic acid groups (broad SMARTS) is 2. The Labute approximate surface area is 177 Å². The Morgan fingerprint density at radius 1 is 0.667 bits per heavy atom. The molecule has 2 N–H and O–H groups in total.